The van der Waals surface area contributed by atoms with Gasteiger partial charge in [-0.3, -0.25) is 5.10 Å². The lowest BCUT2D eigenvalue weighted by molar-refractivity contribution is 0.0303. The lowest BCUT2D eigenvalue weighted by atomic mass is 9.86. The smallest absolute Gasteiger partial charge is 0.277 e. The maximum absolute atomic E-state index is 12.0. The van der Waals surface area contributed by atoms with Gasteiger partial charge < -0.3 is 5.11 Å². The highest BCUT2D eigenvalue weighted by Gasteiger charge is 2.62. The Bertz CT molecular complexity index is 901. The molecule has 2 saturated carbocycles. The van der Waals surface area contributed by atoms with E-state index in [1.54, 1.807) is 18.3 Å². The van der Waals surface area contributed by atoms with Crippen LogP contribution in [0.15, 0.2) is 18.3 Å². The monoisotopic (exact) mass is 384 g/mol. The van der Waals surface area contributed by atoms with Crippen molar-refractivity contribution >= 4 is 32.7 Å². The van der Waals surface area contributed by atoms with E-state index in [1.165, 1.54) is 0 Å². The van der Waals surface area contributed by atoms with E-state index in [1.807, 2.05) is 6.92 Å². The van der Waals surface area contributed by atoms with Crippen molar-refractivity contribution in [3.8, 4) is 0 Å². The average molecular weight is 385 g/mol. The Kier molecular flexibility index (Phi) is 4.08. The molecule has 0 spiro atoms. The molecule has 0 radical (unpaired) electrons. The Morgan fingerprint density at radius 2 is 2.12 bits per heavy atom. The van der Waals surface area contributed by atoms with Gasteiger partial charge in [0.1, 0.15) is 0 Å². The van der Waals surface area contributed by atoms with E-state index in [2.05, 4.69) is 19.6 Å². The van der Waals surface area contributed by atoms with Gasteiger partial charge >= 0.3 is 0 Å². The number of aromatic amines is 1. The molecule has 2 aromatic rings. The molecule has 0 saturated heterocycles. The van der Waals surface area contributed by atoms with Crippen LogP contribution in [0.25, 0.3) is 10.9 Å². The van der Waals surface area contributed by atoms with Crippen LogP contribution in [-0.2, 0) is 15.8 Å². The molecule has 2 aliphatic rings. The number of aliphatic hydroxyl groups is 1. The van der Waals surface area contributed by atoms with Crippen molar-refractivity contribution in [3.63, 3.8) is 0 Å². The molecule has 9 heteroatoms. The van der Waals surface area contributed by atoms with Crippen molar-refractivity contribution in [3.05, 3.63) is 28.9 Å². The van der Waals surface area contributed by atoms with Crippen LogP contribution in [0.1, 0.15) is 31.7 Å². The molecular formula is C16H21ClN4O3S. The van der Waals surface area contributed by atoms with Gasteiger partial charge in [-0.15, -0.1) is 0 Å². The van der Waals surface area contributed by atoms with E-state index < -0.39 is 15.8 Å². The maximum Gasteiger partial charge on any atom is 0.277 e. The van der Waals surface area contributed by atoms with Crippen molar-refractivity contribution in [1.82, 2.24) is 19.6 Å². The summed E-state index contributed by atoms with van der Waals surface area (Å²) in [6, 6.07) is 3.46. The Hall–Kier alpha value is -1.19. The van der Waals surface area contributed by atoms with Gasteiger partial charge in [0.2, 0.25) is 0 Å². The molecule has 136 valence electrons. The third-order valence-electron chi connectivity index (χ3n) is 5.34. The quantitative estimate of drug-likeness (QED) is 0.607. The van der Waals surface area contributed by atoms with E-state index in [9.17, 15) is 13.5 Å². The summed E-state index contributed by atoms with van der Waals surface area (Å²) in [7, 11) is -3.47. The zero-order chi connectivity index (χ0) is 17.8. The Morgan fingerprint density at radius 3 is 2.80 bits per heavy atom. The van der Waals surface area contributed by atoms with Crippen LogP contribution in [0.5, 0.6) is 0 Å². The lowest BCUT2D eigenvalue weighted by Gasteiger charge is -2.27. The second-order valence-electron chi connectivity index (χ2n) is 7.09. The van der Waals surface area contributed by atoms with Crippen LogP contribution in [-0.4, -0.2) is 36.3 Å². The predicted molar refractivity (Wildman–Crippen MR) is 95.4 cm³/mol. The molecule has 2 fully saturated rings. The number of hydrogen-bond donors (Lipinski definition) is 4. The summed E-state index contributed by atoms with van der Waals surface area (Å²) >= 11 is 6.17. The third-order valence-corrected chi connectivity index (χ3v) is 6.72. The molecule has 0 aliphatic heterocycles. The maximum atomic E-state index is 12.0. The summed E-state index contributed by atoms with van der Waals surface area (Å²) in [6.45, 7) is 2.33. The lowest BCUT2D eigenvalue weighted by Crippen LogP contribution is -2.40. The Balaban J connectivity index is 1.50. The molecule has 1 heterocycles. The molecule has 1 aromatic carbocycles. The van der Waals surface area contributed by atoms with Gasteiger partial charge in [0.05, 0.1) is 17.3 Å². The number of aromatic nitrogens is 2. The number of halogens is 1. The minimum atomic E-state index is -3.47. The van der Waals surface area contributed by atoms with E-state index in [0.717, 1.165) is 22.9 Å². The molecule has 0 unspecified atom stereocenters. The summed E-state index contributed by atoms with van der Waals surface area (Å²) in [5.41, 5.74) is 0.556. The minimum Gasteiger partial charge on any atom is -0.385 e. The second kappa shape index (κ2) is 5.92. The molecule has 0 amide bonds. The van der Waals surface area contributed by atoms with Gasteiger partial charge in [-0.05, 0) is 48.8 Å². The van der Waals surface area contributed by atoms with Gasteiger partial charge in [0, 0.05) is 23.0 Å². The van der Waals surface area contributed by atoms with Crippen molar-refractivity contribution < 1.29 is 13.5 Å². The number of nitrogens with one attached hydrogen (secondary N) is 3. The SMILES string of the molecule is CCCNS(=O)(=O)N[C@@H]1[C@@H]2C[C@@](O)(c3cc(Cl)cc4[nH]ncc34)C[C@@H]21. The summed E-state index contributed by atoms with van der Waals surface area (Å²) in [5, 5.41) is 19.5. The highest BCUT2D eigenvalue weighted by atomic mass is 35.5. The second-order valence-corrected chi connectivity index (χ2v) is 9.06. The number of benzene rings is 1. The predicted octanol–water partition coefficient (Wildman–Crippen LogP) is 1.65. The molecule has 25 heavy (non-hydrogen) atoms. The first-order valence-corrected chi connectivity index (χ1v) is 10.3. The molecule has 1 aromatic heterocycles. The van der Waals surface area contributed by atoms with Crippen LogP contribution >= 0.6 is 11.6 Å². The molecule has 2 aliphatic carbocycles. The molecular weight excluding hydrogens is 364 g/mol. The first-order valence-electron chi connectivity index (χ1n) is 8.45. The number of hydrogen-bond acceptors (Lipinski definition) is 4. The molecule has 7 nitrogen and oxygen atoms in total. The number of H-pyrrole nitrogens is 1. The van der Waals surface area contributed by atoms with Crippen molar-refractivity contribution in [1.29, 1.82) is 0 Å². The number of nitrogens with zero attached hydrogens (tertiary/aromatic N) is 1. The summed E-state index contributed by atoms with van der Waals surface area (Å²) in [4.78, 5) is 0. The fourth-order valence-electron chi connectivity index (χ4n) is 4.12. The van der Waals surface area contributed by atoms with E-state index in [-0.39, 0.29) is 17.9 Å². The molecule has 0 bridgehead atoms. The standard InChI is InChI=1S/C16H21ClN4O3S/c1-2-3-19-25(23,24)21-15-10-6-16(22,7-11(10)15)13-4-9(17)5-14-12(13)8-18-20-14/h4-5,8,10-11,15,19,21-22H,2-3,6-7H2,1H3,(H,18,20)/t10-,11+,15-,16+. The zero-order valence-corrected chi connectivity index (χ0v) is 15.4. The van der Waals surface area contributed by atoms with Crippen molar-refractivity contribution in [2.45, 2.75) is 37.8 Å². The van der Waals surface area contributed by atoms with E-state index >= 15 is 0 Å². The fourth-order valence-corrected chi connectivity index (χ4v) is 5.60. The minimum absolute atomic E-state index is 0.103. The van der Waals surface area contributed by atoms with Crippen LogP contribution in [0.3, 0.4) is 0 Å². The molecule has 4 rings (SSSR count). The summed E-state index contributed by atoms with van der Waals surface area (Å²) in [5.74, 6) is 0.285. The fraction of sp³-hybridized carbons (Fsp3) is 0.562. The Morgan fingerprint density at radius 1 is 1.40 bits per heavy atom. The van der Waals surface area contributed by atoms with Crippen molar-refractivity contribution in [2.75, 3.05) is 6.54 Å². The largest absolute Gasteiger partial charge is 0.385 e. The third kappa shape index (κ3) is 3.06. The summed E-state index contributed by atoms with van der Waals surface area (Å²) < 4.78 is 29.2. The highest BCUT2D eigenvalue weighted by molar-refractivity contribution is 7.87. The van der Waals surface area contributed by atoms with Gasteiger partial charge in [-0.25, -0.2) is 4.72 Å². The van der Waals surface area contributed by atoms with E-state index in [0.29, 0.717) is 24.4 Å². The van der Waals surface area contributed by atoms with Crippen LogP contribution < -0.4 is 9.44 Å². The normalized spacial score (nSPS) is 31.4. The Labute approximate surface area is 151 Å². The zero-order valence-electron chi connectivity index (χ0n) is 13.8. The van der Waals surface area contributed by atoms with Gasteiger partial charge in [0.15, 0.2) is 0 Å². The first-order chi connectivity index (χ1) is 11.8. The van der Waals surface area contributed by atoms with Crippen LogP contribution in [0.4, 0.5) is 0 Å². The first kappa shape index (κ1) is 17.2. The van der Waals surface area contributed by atoms with Crippen molar-refractivity contribution in [2.24, 2.45) is 11.8 Å². The van der Waals surface area contributed by atoms with Crippen LogP contribution in [0.2, 0.25) is 5.02 Å². The number of fused-ring (bicyclic) bond motifs is 2. The van der Waals surface area contributed by atoms with Gasteiger partial charge in [-0.2, -0.15) is 18.2 Å². The average Bonchev–Trinajstić information content (AvgIpc) is 2.96. The molecule has 4 N–H and O–H groups in total. The number of rotatable bonds is 6. The van der Waals surface area contributed by atoms with E-state index in [4.69, 9.17) is 11.6 Å². The molecule has 4 atom stereocenters. The topological polar surface area (TPSA) is 107 Å². The summed E-state index contributed by atoms with van der Waals surface area (Å²) in [6.07, 6.45) is 3.46. The van der Waals surface area contributed by atoms with Gasteiger partial charge in [-0.1, -0.05) is 18.5 Å². The van der Waals surface area contributed by atoms with Crippen LogP contribution in [0, 0.1) is 11.8 Å². The highest BCUT2D eigenvalue weighted by Crippen LogP contribution is 2.60. The van der Waals surface area contributed by atoms with Gasteiger partial charge in [0.25, 0.3) is 10.2 Å².